The van der Waals surface area contributed by atoms with Crippen molar-refractivity contribution in [3.8, 4) is 5.75 Å². The predicted octanol–water partition coefficient (Wildman–Crippen LogP) is 4.54. The van der Waals surface area contributed by atoms with Crippen LogP contribution in [0.4, 0.5) is 5.69 Å². The van der Waals surface area contributed by atoms with Gasteiger partial charge in [-0.05, 0) is 54.8 Å². The van der Waals surface area contributed by atoms with Crippen molar-refractivity contribution in [3.05, 3.63) is 64.1 Å². The maximum atomic E-state index is 12.7. The van der Waals surface area contributed by atoms with Gasteiger partial charge in [0, 0.05) is 18.7 Å². The summed E-state index contributed by atoms with van der Waals surface area (Å²) in [4.78, 5) is 27.1. The number of hydrogen-bond acceptors (Lipinski definition) is 5. The van der Waals surface area contributed by atoms with Gasteiger partial charge < -0.3 is 10.1 Å². The lowest BCUT2D eigenvalue weighted by Gasteiger charge is -2.15. The maximum absolute atomic E-state index is 12.7. The highest BCUT2D eigenvalue weighted by atomic mass is 32.2. The molecule has 2 aromatic rings. The van der Waals surface area contributed by atoms with E-state index in [1.54, 1.807) is 13.2 Å². The van der Waals surface area contributed by atoms with Crippen molar-refractivity contribution in [2.75, 3.05) is 19.0 Å². The Balaban J connectivity index is 1.61. The van der Waals surface area contributed by atoms with Gasteiger partial charge in [0.05, 0.1) is 12.0 Å². The van der Waals surface area contributed by atoms with Gasteiger partial charge in [0.2, 0.25) is 5.91 Å². The molecule has 29 heavy (non-hydrogen) atoms. The molecule has 0 aromatic heterocycles. The van der Waals surface area contributed by atoms with Crippen LogP contribution in [-0.4, -0.2) is 34.7 Å². The fourth-order valence-electron chi connectivity index (χ4n) is 2.86. The Morgan fingerprint density at radius 2 is 1.93 bits per heavy atom. The van der Waals surface area contributed by atoms with Crippen molar-refractivity contribution in [2.45, 2.75) is 20.3 Å². The van der Waals surface area contributed by atoms with Crippen molar-refractivity contribution in [1.82, 2.24) is 4.90 Å². The molecule has 1 N–H and O–H groups in total. The summed E-state index contributed by atoms with van der Waals surface area (Å²) >= 11 is 6.60. The number of thiocarbonyl (C=S) groups is 1. The molecule has 0 radical (unpaired) electrons. The van der Waals surface area contributed by atoms with E-state index in [1.165, 1.54) is 16.7 Å². The molecule has 0 aliphatic carbocycles. The van der Waals surface area contributed by atoms with Crippen molar-refractivity contribution in [2.24, 2.45) is 0 Å². The Kier molecular flexibility index (Phi) is 6.71. The molecule has 7 heteroatoms. The number of nitrogens with zero attached hydrogens (tertiary/aromatic N) is 1. The maximum Gasteiger partial charge on any atom is 0.266 e. The molecule has 1 saturated heterocycles. The summed E-state index contributed by atoms with van der Waals surface area (Å²) < 4.78 is 5.61. The SMILES string of the molecule is COc1ccc(/C=C2\SC(=S)N(CCC(=O)Nc3cccc(C)c3C)C2=O)cc1. The molecule has 1 heterocycles. The molecule has 0 unspecified atom stereocenters. The molecule has 150 valence electrons. The van der Waals surface area contributed by atoms with Crippen molar-refractivity contribution in [3.63, 3.8) is 0 Å². The fraction of sp³-hybridized carbons (Fsp3) is 0.227. The number of nitrogens with one attached hydrogen (secondary N) is 1. The van der Waals surface area contributed by atoms with Crippen LogP contribution in [0.25, 0.3) is 6.08 Å². The minimum atomic E-state index is -0.171. The third kappa shape index (κ3) is 5.05. The van der Waals surface area contributed by atoms with E-state index in [2.05, 4.69) is 5.32 Å². The summed E-state index contributed by atoms with van der Waals surface area (Å²) in [5, 5.41) is 2.91. The summed E-state index contributed by atoms with van der Waals surface area (Å²) in [6, 6.07) is 13.2. The largest absolute Gasteiger partial charge is 0.497 e. The zero-order chi connectivity index (χ0) is 21.0. The monoisotopic (exact) mass is 426 g/mol. The normalized spacial score (nSPS) is 15.1. The minimum absolute atomic E-state index is 0.146. The van der Waals surface area contributed by atoms with Gasteiger partial charge in [0.1, 0.15) is 10.1 Å². The average molecular weight is 427 g/mol. The zero-order valence-electron chi connectivity index (χ0n) is 16.5. The lowest BCUT2D eigenvalue weighted by Crippen LogP contribution is -2.31. The van der Waals surface area contributed by atoms with Gasteiger partial charge >= 0.3 is 0 Å². The number of ether oxygens (including phenoxy) is 1. The third-order valence-corrected chi connectivity index (χ3v) is 6.11. The van der Waals surface area contributed by atoms with Crippen LogP contribution in [0.1, 0.15) is 23.1 Å². The van der Waals surface area contributed by atoms with Crippen LogP contribution in [-0.2, 0) is 9.59 Å². The molecule has 0 atom stereocenters. The van der Waals surface area contributed by atoms with E-state index in [-0.39, 0.29) is 24.8 Å². The molecule has 1 aliphatic rings. The summed E-state index contributed by atoms with van der Waals surface area (Å²) in [6.45, 7) is 4.22. The Morgan fingerprint density at radius 1 is 1.21 bits per heavy atom. The third-order valence-electron chi connectivity index (χ3n) is 4.73. The van der Waals surface area contributed by atoms with E-state index >= 15 is 0 Å². The Morgan fingerprint density at radius 3 is 2.62 bits per heavy atom. The van der Waals surface area contributed by atoms with Gasteiger partial charge in [-0.1, -0.05) is 48.2 Å². The van der Waals surface area contributed by atoms with E-state index in [9.17, 15) is 9.59 Å². The number of carbonyl (C=O) groups excluding carboxylic acids is 2. The van der Waals surface area contributed by atoms with E-state index < -0.39 is 0 Å². The molecule has 1 aliphatic heterocycles. The average Bonchev–Trinajstić information content (AvgIpc) is 2.97. The first kappa shape index (κ1) is 21.1. The van der Waals surface area contributed by atoms with Crippen LogP contribution < -0.4 is 10.1 Å². The molecule has 3 rings (SSSR count). The van der Waals surface area contributed by atoms with Crippen LogP contribution in [0.15, 0.2) is 47.4 Å². The standard InChI is InChI=1S/C22H22N2O3S2/c1-14-5-4-6-18(15(14)2)23-20(25)11-12-24-21(26)19(29-22(24)28)13-16-7-9-17(27-3)10-8-16/h4-10,13H,11-12H2,1-3H3,(H,23,25)/b19-13-. The van der Waals surface area contributed by atoms with Gasteiger partial charge in [-0.3, -0.25) is 14.5 Å². The minimum Gasteiger partial charge on any atom is -0.497 e. The van der Waals surface area contributed by atoms with Crippen LogP contribution in [0, 0.1) is 13.8 Å². The quantitative estimate of drug-likeness (QED) is 0.543. The molecule has 2 aromatic carbocycles. The molecule has 2 amide bonds. The van der Waals surface area contributed by atoms with Gasteiger partial charge in [-0.15, -0.1) is 0 Å². The second kappa shape index (κ2) is 9.24. The summed E-state index contributed by atoms with van der Waals surface area (Å²) in [6.07, 6.45) is 1.98. The van der Waals surface area contributed by atoms with E-state index in [0.29, 0.717) is 9.23 Å². The molecule has 0 saturated carbocycles. The smallest absolute Gasteiger partial charge is 0.266 e. The van der Waals surface area contributed by atoms with Gasteiger partial charge in [-0.25, -0.2) is 0 Å². The van der Waals surface area contributed by atoms with Gasteiger partial charge in [0.25, 0.3) is 5.91 Å². The zero-order valence-corrected chi connectivity index (χ0v) is 18.2. The number of thioether (sulfide) groups is 1. The van der Waals surface area contributed by atoms with Crippen molar-refractivity contribution >= 4 is 51.9 Å². The van der Waals surface area contributed by atoms with Crippen molar-refractivity contribution < 1.29 is 14.3 Å². The number of aryl methyl sites for hydroxylation is 1. The Bertz CT molecular complexity index is 984. The Hall–Kier alpha value is -2.64. The van der Waals surface area contributed by atoms with E-state index in [0.717, 1.165) is 28.1 Å². The lowest BCUT2D eigenvalue weighted by atomic mass is 10.1. The predicted molar refractivity (Wildman–Crippen MR) is 122 cm³/mol. The molecule has 1 fully saturated rings. The molecular weight excluding hydrogens is 404 g/mol. The number of carbonyl (C=O) groups is 2. The Labute approximate surface area is 180 Å². The fourth-order valence-corrected chi connectivity index (χ4v) is 4.17. The summed E-state index contributed by atoms with van der Waals surface area (Å²) in [7, 11) is 1.61. The van der Waals surface area contributed by atoms with Crippen LogP contribution >= 0.6 is 24.0 Å². The van der Waals surface area contributed by atoms with Crippen LogP contribution in [0.2, 0.25) is 0 Å². The second-order valence-corrected chi connectivity index (χ2v) is 8.33. The van der Waals surface area contributed by atoms with Crippen LogP contribution in [0.5, 0.6) is 5.75 Å². The highest BCUT2D eigenvalue weighted by Crippen LogP contribution is 2.33. The van der Waals surface area contributed by atoms with E-state index in [4.69, 9.17) is 17.0 Å². The van der Waals surface area contributed by atoms with Crippen LogP contribution in [0.3, 0.4) is 0 Å². The topological polar surface area (TPSA) is 58.6 Å². The first-order valence-electron chi connectivity index (χ1n) is 9.14. The summed E-state index contributed by atoms with van der Waals surface area (Å²) in [5.41, 5.74) is 3.83. The number of rotatable bonds is 6. The number of amides is 2. The number of anilines is 1. The molecule has 5 nitrogen and oxygen atoms in total. The first-order valence-corrected chi connectivity index (χ1v) is 10.4. The van der Waals surface area contributed by atoms with Gasteiger partial charge in [0.15, 0.2) is 0 Å². The lowest BCUT2D eigenvalue weighted by molar-refractivity contribution is -0.122. The number of methoxy groups -OCH3 is 1. The van der Waals surface area contributed by atoms with Gasteiger partial charge in [-0.2, -0.15) is 0 Å². The number of hydrogen-bond donors (Lipinski definition) is 1. The molecule has 0 bridgehead atoms. The van der Waals surface area contributed by atoms with Crippen molar-refractivity contribution in [1.29, 1.82) is 0 Å². The molecular formula is C22H22N2O3S2. The first-order chi connectivity index (χ1) is 13.9. The molecule has 0 spiro atoms. The second-order valence-electron chi connectivity index (χ2n) is 6.65. The number of benzene rings is 2. The van der Waals surface area contributed by atoms with E-state index in [1.807, 2.05) is 56.3 Å². The summed E-state index contributed by atoms with van der Waals surface area (Å²) in [5.74, 6) is 0.437. The highest BCUT2D eigenvalue weighted by Gasteiger charge is 2.32. The highest BCUT2D eigenvalue weighted by molar-refractivity contribution is 8.26.